The zero-order valence-electron chi connectivity index (χ0n) is 16.5. The van der Waals surface area contributed by atoms with Crippen LogP contribution in [0.3, 0.4) is 0 Å². The highest BCUT2D eigenvalue weighted by Crippen LogP contribution is 2.25. The van der Waals surface area contributed by atoms with E-state index in [9.17, 15) is 9.18 Å². The number of hydrogen-bond donors (Lipinski definition) is 1. The minimum atomic E-state index is -0.341. The Morgan fingerprint density at radius 3 is 2.57 bits per heavy atom. The van der Waals surface area contributed by atoms with Gasteiger partial charge in [-0.05, 0) is 47.5 Å². The van der Waals surface area contributed by atoms with Crippen molar-refractivity contribution < 1.29 is 18.7 Å². The maximum absolute atomic E-state index is 13.1. The molecule has 154 valence electrons. The van der Waals surface area contributed by atoms with Crippen molar-refractivity contribution in [3.05, 3.63) is 95.3 Å². The van der Waals surface area contributed by atoms with Gasteiger partial charge in [-0.25, -0.2) is 9.18 Å². The van der Waals surface area contributed by atoms with Gasteiger partial charge in [0.05, 0.1) is 26.3 Å². The fraction of sp³-hybridized carbons (Fsp3) is 0.208. The molecular formula is C24H23FN2O3. The molecular weight excluding hydrogens is 383 g/mol. The van der Waals surface area contributed by atoms with Crippen LogP contribution >= 0.6 is 0 Å². The van der Waals surface area contributed by atoms with Crippen LogP contribution in [0.4, 0.5) is 14.9 Å². The van der Waals surface area contributed by atoms with Gasteiger partial charge in [0.2, 0.25) is 0 Å². The maximum Gasteiger partial charge on any atom is 0.322 e. The Labute approximate surface area is 175 Å². The lowest BCUT2D eigenvalue weighted by Gasteiger charge is -2.20. The summed E-state index contributed by atoms with van der Waals surface area (Å²) in [6, 6.07) is 21.4. The van der Waals surface area contributed by atoms with Crippen LogP contribution in [0.15, 0.2) is 72.8 Å². The number of rotatable bonds is 5. The number of urea groups is 1. The largest absolute Gasteiger partial charge is 0.491 e. The second-order valence-electron chi connectivity index (χ2n) is 7.13. The van der Waals surface area contributed by atoms with E-state index in [0.29, 0.717) is 38.6 Å². The summed E-state index contributed by atoms with van der Waals surface area (Å²) in [7, 11) is 0. The van der Waals surface area contributed by atoms with Gasteiger partial charge >= 0.3 is 6.03 Å². The molecule has 0 aliphatic carbocycles. The van der Waals surface area contributed by atoms with Crippen LogP contribution in [0.25, 0.3) is 0 Å². The quantitative estimate of drug-likeness (QED) is 0.651. The van der Waals surface area contributed by atoms with Crippen LogP contribution in [-0.2, 0) is 24.5 Å². The van der Waals surface area contributed by atoms with E-state index in [2.05, 4.69) is 5.32 Å². The van der Waals surface area contributed by atoms with Crippen molar-refractivity contribution in [3.8, 4) is 5.75 Å². The Kier molecular flexibility index (Phi) is 6.25. The first kappa shape index (κ1) is 19.9. The lowest BCUT2D eigenvalue weighted by Crippen LogP contribution is -2.36. The number of carbonyl (C=O) groups excluding carboxylic acids is 1. The predicted molar refractivity (Wildman–Crippen MR) is 113 cm³/mol. The van der Waals surface area contributed by atoms with Crippen LogP contribution in [0.1, 0.15) is 16.7 Å². The van der Waals surface area contributed by atoms with Crippen molar-refractivity contribution in [2.45, 2.75) is 19.8 Å². The third-order valence-corrected chi connectivity index (χ3v) is 4.87. The summed E-state index contributed by atoms with van der Waals surface area (Å²) < 4.78 is 24.7. The number of anilines is 1. The lowest BCUT2D eigenvalue weighted by molar-refractivity contribution is 0.107. The predicted octanol–water partition coefficient (Wildman–Crippen LogP) is 4.97. The minimum Gasteiger partial charge on any atom is -0.491 e. The molecule has 0 unspecified atom stereocenters. The molecule has 2 amide bonds. The summed E-state index contributed by atoms with van der Waals surface area (Å²) in [5.74, 6) is 0.436. The molecule has 1 aliphatic rings. The highest BCUT2D eigenvalue weighted by molar-refractivity contribution is 5.89. The van der Waals surface area contributed by atoms with E-state index >= 15 is 0 Å². The number of amides is 2. The monoisotopic (exact) mass is 406 g/mol. The Hall–Kier alpha value is -3.38. The molecule has 0 saturated heterocycles. The minimum absolute atomic E-state index is 0.246. The van der Waals surface area contributed by atoms with Gasteiger partial charge in [-0.1, -0.05) is 36.4 Å². The number of hydrogen-bond acceptors (Lipinski definition) is 3. The van der Waals surface area contributed by atoms with E-state index < -0.39 is 0 Å². The third kappa shape index (κ3) is 5.15. The summed E-state index contributed by atoms with van der Waals surface area (Å²) in [4.78, 5) is 14.4. The summed E-state index contributed by atoms with van der Waals surface area (Å²) in [6.45, 7) is 2.31. The first-order chi connectivity index (χ1) is 14.7. The molecule has 3 aromatic carbocycles. The Bertz CT molecular complexity index is 993. The molecule has 5 nitrogen and oxygen atoms in total. The molecule has 0 fully saturated rings. The topological polar surface area (TPSA) is 50.8 Å². The lowest BCUT2D eigenvalue weighted by atomic mass is 10.1. The third-order valence-electron chi connectivity index (χ3n) is 4.87. The first-order valence-electron chi connectivity index (χ1n) is 9.85. The second kappa shape index (κ2) is 9.41. The van der Waals surface area contributed by atoms with E-state index in [1.165, 1.54) is 24.3 Å². The van der Waals surface area contributed by atoms with Crippen molar-refractivity contribution >= 4 is 11.7 Å². The maximum atomic E-state index is 13.1. The van der Waals surface area contributed by atoms with Gasteiger partial charge in [-0.2, -0.15) is 0 Å². The second-order valence-corrected chi connectivity index (χ2v) is 7.13. The van der Waals surface area contributed by atoms with Gasteiger partial charge in [0.1, 0.15) is 18.2 Å². The fourth-order valence-corrected chi connectivity index (χ4v) is 3.31. The highest BCUT2D eigenvalue weighted by atomic mass is 19.1. The van der Waals surface area contributed by atoms with Gasteiger partial charge in [-0.15, -0.1) is 0 Å². The molecule has 1 heterocycles. The summed E-state index contributed by atoms with van der Waals surface area (Å²) in [6.07, 6.45) is 0. The molecule has 4 rings (SSSR count). The number of nitrogens with zero attached hydrogens (tertiary/aromatic N) is 1. The van der Waals surface area contributed by atoms with E-state index in [4.69, 9.17) is 9.47 Å². The van der Waals surface area contributed by atoms with E-state index in [0.717, 1.165) is 22.4 Å². The Morgan fingerprint density at radius 2 is 1.77 bits per heavy atom. The zero-order valence-corrected chi connectivity index (χ0v) is 16.5. The number of fused-ring (bicyclic) bond motifs is 1. The number of benzene rings is 3. The van der Waals surface area contributed by atoms with E-state index in [1.807, 2.05) is 48.5 Å². The number of halogens is 1. The van der Waals surface area contributed by atoms with Crippen LogP contribution in [0.2, 0.25) is 0 Å². The molecule has 0 aromatic heterocycles. The molecule has 0 bridgehead atoms. The highest BCUT2D eigenvalue weighted by Gasteiger charge is 2.20. The van der Waals surface area contributed by atoms with E-state index in [1.54, 1.807) is 4.90 Å². The number of ether oxygens (including phenoxy) is 2. The molecule has 6 heteroatoms. The van der Waals surface area contributed by atoms with Gasteiger partial charge in [-0.3, -0.25) is 0 Å². The molecule has 3 aromatic rings. The van der Waals surface area contributed by atoms with E-state index in [-0.39, 0.29) is 11.8 Å². The molecule has 1 N–H and O–H groups in total. The van der Waals surface area contributed by atoms with Crippen LogP contribution in [-0.4, -0.2) is 24.1 Å². The molecule has 0 radical (unpaired) electrons. The molecule has 1 aliphatic heterocycles. The van der Waals surface area contributed by atoms with Crippen LogP contribution in [0, 0.1) is 5.82 Å². The fourth-order valence-electron chi connectivity index (χ4n) is 3.31. The van der Waals surface area contributed by atoms with Crippen LogP contribution in [0.5, 0.6) is 5.75 Å². The van der Waals surface area contributed by atoms with Crippen molar-refractivity contribution in [2.75, 3.05) is 18.5 Å². The summed E-state index contributed by atoms with van der Waals surface area (Å²) >= 11 is 0. The average Bonchev–Trinajstić information content (AvgIpc) is 2.98. The van der Waals surface area contributed by atoms with Crippen molar-refractivity contribution in [1.82, 2.24) is 4.90 Å². The number of nitrogens with one attached hydrogen (secondary N) is 1. The molecule has 0 atom stereocenters. The zero-order chi connectivity index (χ0) is 20.8. The summed E-state index contributed by atoms with van der Waals surface area (Å²) in [5, 5.41) is 2.80. The number of carbonyl (C=O) groups is 1. The molecule has 30 heavy (non-hydrogen) atoms. The Balaban J connectivity index is 1.39. The SMILES string of the molecule is O=C(Nc1ccc(F)cc1)N1CCOc2ccc(COCc3ccccc3)cc2C1. The smallest absolute Gasteiger partial charge is 0.322 e. The van der Waals surface area contributed by atoms with Crippen molar-refractivity contribution in [3.63, 3.8) is 0 Å². The normalized spacial score (nSPS) is 13.2. The van der Waals surface area contributed by atoms with Gasteiger partial charge in [0.25, 0.3) is 0 Å². The average molecular weight is 406 g/mol. The van der Waals surface area contributed by atoms with Crippen LogP contribution < -0.4 is 10.1 Å². The summed E-state index contributed by atoms with van der Waals surface area (Å²) in [5.41, 5.74) is 3.63. The van der Waals surface area contributed by atoms with Gasteiger partial charge in [0, 0.05) is 11.3 Å². The Morgan fingerprint density at radius 1 is 1.00 bits per heavy atom. The van der Waals surface area contributed by atoms with Gasteiger partial charge in [0.15, 0.2) is 0 Å². The first-order valence-corrected chi connectivity index (χ1v) is 9.85. The van der Waals surface area contributed by atoms with Crippen molar-refractivity contribution in [1.29, 1.82) is 0 Å². The van der Waals surface area contributed by atoms with Gasteiger partial charge < -0.3 is 19.7 Å². The van der Waals surface area contributed by atoms with Crippen molar-refractivity contribution in [2.24, 2.45) is 0 Å². The standard InChI is InChI=1S/C24H23FN2O3/c25-21-7-9-22(10-8-21)26-24(28)27-12-13-30-23-11-6-19(14-20(23)15-27)17-29-16-18-4-2-1-3-5-18/h1-11,14H,12-13,15-17H2,(H,26,28). The molecule has 0 spiro atoms. The molecule has 0 saturated carbocycles.